The van der Waals surface area contributed by atoms with E-state index in [0.29, 0.717) is 5.56 Å². The monoisotopic (exact) mass is 305 g/mol. The lowest BCUT2D eigenvalue weighted by Crippen LogP contribution is -2.31. The van der Waals surface area contributed by atoms with Crippen molar-refractivity contribution in [2.24, 2.45) is 11.8 Å². The summed E-state index contributed by atoms with van der Waals surface area (Å²) in [6, 6.07) is 8.76. The first-order valence-corrected chi connectivity index (χ1v) is 6.73. The highest BCUT2D eigenvalue weighted by atomic mass is 16.4. The van der Waals surface area contributed by atoms with Gasteiger partial charge in [-0.15, -0.1) is 0 Å². The maximum absolute atomic E-state index is 12.3. The van der Waals surface area contributed by atoms with E-state index in [9.17, 15) is 19.2 Å². The summed E-state index contributed by atoms with van der Waals surface area (Å²) < 4.78 is 0. The molecule has 22 heavy (non-hydrogen) atoms. The summed E-state index contributed by atoms with van der Waals surface area (Å²) in [7, 11) is 0. The van der Waals surface area contributed by atoms with Crippen LogP contribution >= 0.6 is 0 Å². The van der Waals surface area contributed by atoms with Gasteiger partial charge < -0.3 is 10.2 Å². The summed E-state index contributed by atoms with van der Waals surface area (Å²) in [4.78, 5) is 47.3. The van der Waals surface area contributed by atoms with E-state index in [-0.39, 0.29) is 6.54 Å². The van der Waals surface area contributed by atoms with Crippen LogP contribution in [0.15, 0.2) is 30.3 Å². The van der Waals surface area contributed by atoms with Crippen molar-refractivity contribution in [1.29, 1.82) is 0 Å². The molecule has 0 aliphatic carbocycles. The fourth-order valence-electron chi connectivity index (χ4n) is 2.61. The Kier molecular flexibility index (Phi) is 4.55. The smallest absolute Gasteiger partial charge is 0.304 e. The van der Waals surface area contributed by atoms with Gasteiger partial charge in [0.15, 0.2) is 0 Å². The van der Waals surface area contributed by atoms with Gasteiger partial charge in [-0.3, -0.25) is 24.1 Å². The van der Waals surface area contributed by atoms with E-state index in [1.165, 1.54) is 0 Å². The molecule has 2 amide bonds. The Labute approximate surface area is 126 Å². The van der Waals surface area contributed by atoms with Gasteiger partial charge in [0.05, 0.1) is 31.2 Å². The van der Waals surface area contributed by atoms with Crippen molar-refractivity contribution in [1.82, 2.24) is 4.90 Å². The van der Waals surface area contributed by atoms with Crippen molar-refractivity contribution >= 4 is 23.8 Å². The predicted octanol–water partition coefficient (Wildman–Crippen LogP) is 0.737. The molecule has 0 bridgehead atoms. The number of carboxylic acids is 2. The second-order valence-electron chi connectivity index (χ2n) is 5.16. The molecule has 2 N–H and O–H groups in total. The Bertz CT molecular complexity index is 578. The van der Waals surface area contributed by atoms with Crippen LogP contribution in [0, 0.1) is 11.8 Å². The molecule has 1 saturated heterocycles. The lowest BCUT2D eigenvalue weighted by Gasteiger charge is -2.14. The van der Waals surface area contributed by atoms with Gasteiger partial charge in [-0.1, -0.05) is 30.3 Å². The summed E-state index contributed by atoms with van der Waals surface area (Å²) in [6.07, 6.45) is -1.10. The van der Waals surface area contributed by atoms with Crippen molar-refractivity contribution in [3.8, 4) is 0 Å². The molecule has 1 aliphatic rings. The van der Waals surface area contributed by atoms with Crippen LogP contribution < -0.4 is 0 Å². The molecular weight excluding hydrogens is 290 g/mol. The van der Waals surface area contributed by atoms with E-state index in [4.69, 9.17) is 10.2 Å². The van der Waals surface area contributed by atoms with Gasteiger partial charge in [-0.25, -0.2) is 0 Å². The molecule has 1 aliphatic heterocycles. The Morgan fingerprint density at radius 1 is 0.909 bits per heavy atom. The van der Waals surface area contributed by atoms with Gasteiger partial charge in [0.2, 0.25) is 11.8 Å². The van der Waals surface area contributed by atoms with E-state index in [0.717, 1.165) is 4.90 Å². The van der Waals surface area contributed by atoms with Gasteiger partial charge in [-0.2, -0.15) is 0 Å². The first-order chi connectivity index (χ1) is 10.4. The average molecular weight is 305 g/mol. The summed E-state index contributed by atoms with van der Waals surface area (Å²) >= 11 is 0. The molecule has 0 spiro atoms. The maximum atomic E-state index is 12.3. The van der Waals surface area contributed by atoms with E-state index in [1.54, 1.807) is 30.3 Å². The van der Waals surface area contributed by atoms with Crippen LogP contribution in [0.5, 0.6) is 0 Å². The molecule has 7 heteroatoms. The number of carboxylic acid groups (broad SMARTS) is 2. The minimum absolute atomic E-state index is 0.0186. The SMILES string of the molecule is O=C(O)C[C@@H]1C(=O)N(Cc2ccccc2)C(=O)[C@@H]1CC(=O)O. The molecule has 2 atom stereocenters. The maximum Gasteiger partial charge on any atom is 0.304 e. The van der Waals surface area contributed by atoms with Crippen LogP contribution in [-0.4, -0.2) is 38.9 Å². The first-order valence-electron chi connectivity index (χ1n) is 6.73. The number of amides is 2. The number of rotatable bonds is 6. The molecule has 2 rings (SSSR count). The number of nitrogens with zero attached hydrogens (tertiary/aromatic N) is 1. The molecule has 0 saturated carbocycles. The standard InChI is InChI=1S/C15H15NO6/c17-12(18)6-10-11(7-13(19)20)15(22)16(14(10)21)8-9-4-2-1-3-5-9/h1-5,10-11H,6-8H2,(H,17,18)(H,19,20)/t10-,11+. The predicted molar refractivity (Wildman–Crippen MR) is 73.5 cm³/mol. The lowest BCUT2D eigenvalue weighted by atomic mass is 9.89. The van der Waals surface area contributed by atoms with Gasteiger partial charge in [0.25, 0.3) is 0 Å². The Balaban J connectivity index is 2.24. The summed E-state index contributed by atoms with van der Waals surface area (Å²) in [6.45, 7) is 0.0186. The highest BCUT2D eigenvalue weighted by Gasteiger charge is 2.48. The van der Waals surface area contributed by atoms with Crippen LogP contribution in [0.3, 0.4) is 0 Å². The molecule has 0 aromatic heterocycles. The number of likely N-dealkylation sites (tertiary alicyclic amines) is 1. The van der Waals surface area contributed by atoms with Gasteiger partial charge >= 0.3 is 11.9 Å². The minimum Gasteiger partial charge on any atom is -0.481 e. The fourth-order valence-corrected chi connectivity index (χ4v) is 2.61. The third-order valence-electron chi connectivity index (χ3n) is 3.62. The van der Waals surface area contributed by atoms with Crippen LogP contribution in [0.1, 0.15) is 18.4 Å². The highest BCUT2D eigenvalue weighted by Crippen LogP contribution is 2.32. The van der Waals surface area contributed by atoms with Crippen molar-refractivity contribution in [3.63, 3.8) is 0 Å². The Hall–Kier alpha value is -2.70. The molecule has 1 aromatic rings. The zero-order chi connectivity index (χ0) is 16.3. The van der Waals surface area contributed by atoms with Crippen LogP contribution in [0.25, 0.3) is 0 Å². The highest BCUT2D eigenvalue weighted by molar-refractivity contribution is 6.07. The zero-order valence-corrected chi connectivity index (χ0v) is 11.6. The number of aliphatic carboxylic acids is 2. The largest absolute Gasteiger partial charge is 0.481 e. The third-order valence-corrected chi connectivity index (χ3v) is 3.62. The summed E-state index contributed by atoms with van der Waals surface area (Å²) in [5.41, 5.74) is 0.717. The van der Waals surface area contributed by atoms with E-state index in [1.807, 2.05) is 0 Å². The van der Waals surface area contributed by atoms with Gasteiger partial charge in [-0.05, 0) is 5.56 Å². The molecule has 116 valence electrons. The van der Waals surface area contributed by atoms with Gasteiger partial charge in [0.1, 0.15) is 0 Å². The number of carbonyl (C=O) groups excluding carboxylic acids is 2. The lowest BCUT2D eigenvalue weighted by molar-refractivity contribution is -0.144. The second kappa shape index (κ2) is 6.38. The summed E-state index contributed by atoms with van der Waals surface area (Å²) in [5, 5.41) is 17.8. The zero-order valence-electron chi connectivity index (χ0n) is 11.6. The number of carbonyl (C=O) groups is 4. The first kappa shape index (κ1) is 15.7. The van der Waals surface area contributed by atoms with E-state index >= 15 is 0 Å². The summed E-state index contributed by atoms with van der Waals surface area (Å²) in [5.74, 6) is -5.95. The minimum atomic E-state index is -1.23. The number of hydrogen-bond acceptors (Lipinski definition) is 4. The normalized spacial score (nSPS) is 21.2. The Morgan fingerprint density at radius 2 is 1.36 bits per heavy atom. The van der Waals surface area contributed by atoms with E-state index < -0.39 is 48.4 Å². The molecule has 0 radical (unpaired) electrons. The molecule has 1 aromatic carbocycles. The molecular formula is C15H15NO6. The van der Waals surface area contributed by atoms with Gasteiger partial charge in [0, 0.05) is 0 Å². The van der Waals surface area contributed by atoms with E-state index in [2.05, 4.69) is 0 Å². The van der Waals surface area contributed by atoms with Crippen molar-refractivity contribution in [2.45, 2.75) is 19.4 Å². The Morgan fingerprint density at radius 3 is 1.77 bits per heavy atom. The quantitative estimate of drug-likeness (QED) is 0.750. The molecule has 7 nitrogen and oxygen atoms in total. The topological polar surface area (TPSA) is 112 Å². The van der Waals surface area contributed by atoms with Crippen LogP contribution in [0.4, 0.5) is 0 Å². The average Bonchev–Trinajstić information content (AvgIpc) is 2.65. The van der Waals surface area contributed by atoms with Crippen molar-refractivity contribution < 1.29 is 29.4 Å². The molecule has 1 fully saturated rings. The third kappa shape index (κ3) is 3.30. The second-order valence-corrected chi connectivity index (χ2v) is 5.16. The van der Waals surface area contributed by atoms with Crippen molar-refractivity contribution in [2.75, 3.05) is 0 Å². The van der Waals surface area contributed by atoms with Crippen LogP contribution in [0.2, 0.25) is 0 Å². The fraction of sp³-hybridized carbons (Fsp3) is 0.333. The number of hydrogen-bond donors (Lipinski definition) is 2. The van der Waals surface area contributed by atoms with Crippen LogP contribution in [-0.2, 0) is 25.7 Å². The molecule has 0 unspecified atom stereocenters. The number of benzene rings is 1. The van der Waals surface area contributed by atoms with Crippen molar-refractivity contribution in [3.05, 3.63) is 35.9 Å². The molecule has 1 heterocycles. The number of imide groups is 1.